The van der Waals surface area contributed by atoms with Crippen LogP contribution < -0.4 is 0 Å². The van der Waals surface area contributed by atoms with Crippen molar-refractivity contribution in [1.29, 1.82) is 0 Å². The van der Waals surface area contributed by atoms with Crippen LogP contribution in [0.1, 0.15) is 21.5 Å². The van der Waals surface area contributed by atoms with Crippen LogP contribution in [0.4, 0.5) is 18.9 Å². The van der Waals surface area contributed by atoms with Gasteiger partial charge in [-0.15, -0.1) is 0 Å². The first-order chi connectivity index (χ1) is 13.3. The maximum atomic E-state index is 12.8. The SMILES string of the molecule is O=C(c1ccccc1[N+](=O)[O-])N1CCN=C1SCc1ccc(C(F)(F)F)cc1. The van der Waals surface area contributed by atoms with Gasteiger partial charge in [0.15, 0.2) is 5.17 Å². The number of nitro groups is 1. The van der Waals surface area contributed by atoms with Crippen molar-refractivity contribution < 1.29 is 22.9 Å². The molecule has 0 atom stereocenters. The second-order valence-electron chi connectivity index (χ2n) is 5.88. The fraction of sp³-hybridized carbons (Fsp3) is 0.222. The number of halogens is 3. The Hall–Kier alpha value is -2.88. The van der Waals surface area contributed by atoms with Gasteiger partial charge < -0.3 is 0 Å². The molecule has 10 heteroatoms. The number of amidine groups is 1. The molecule has 0 fully saturated rings. The van der Waals surface area contributed by atoms with Crippen molar-refractivity contribution in [3.8, 4) is 0 Å². The molecule has 2 aromatic rings. The molecular weight excluding hydrogens is 395 g/mol. The predicted molar refractivity (Wildman–Crippen MR) is 99.2 cm³/mol. The highest BCUT2D eigenvalue weighted by atomic mass is 32.2. The van der Waals surface area contributed by atoms with Crippen LogP contribution in [-0.4, -0.2) is 34.0 Å². The van der Waals surface area contributed by atoms with Gasteiger partial charge >= 0.3 is 6.18 Å². The number of amides is 1. The first-order valence-electron chi connectivity index (χ1n) is 8.16. The lowest BCUT2D eigenvalue weighted by molar-refractivity contribution is -0.385. The zero-order valence-electron chi connectivity index (χ0n) is 14.3. The van der Waals surface area contributed by atoms with Crippen molar-refractivity contribution in [1.82, 2.24) is 4.90 Å². The van der Waals surface area contributed by atoms with E-state index in [1.807, 2.05) is 0 Å². The van der Waals surface area contributed by atoms with E-state index >= 15 is 0 Å². The molecule has 0 spiro atoms. The van der Waals surface area contributed by atoms with E-state index < -0.39 is 22.6 Å². The number of nitrogens with zero attached hydrogens (tertiary/aromatic N) is 3. The van der Waals surface area contributed by atoms with Crippen LogP contribution in [0.3, 0.4) is 0 Å². The molecule has 0 radical (unpaired) electrons. The molecule has 0 aliphatic carbocycles. The molecule has 1 heterocycles. The van der Waals surface area contributed by atoms with Crippen molar-refractivity contribution in [2.45, 2.75) is 11.9 Å². The number of nitro benzene ring substituents is 1. The number of alkyl halides is 3. The van der Waals surface area contributed by atoms with Gasteiger partial charge in [-0.3, -0.25) is 24.8 Å². The summed E-state index contributed by atoms with van der Waals surface area (Å²) in [6.07, 6.45) is -4.39. The van der Waals surface area contributed by atoms with Crippen LogP contribution in [0.25, 0.3) is 0 Å². The van der Waals surface area contributed by atoms with Gasteiger partial charge in [-0.25, -0.2) is 0 Å². The third kappa shape index (κ3) is 4.33. The van der Waals surface area contributed by atoms with E-state index in [4.69, 9.17) is 0 Å². The number of aliphatic imine (C=N–C) groups is 1. The Bertz CT molecular complexity index is 930. The Morgan fingerprint density at radius 3 is 2.50 bits per heavy atom. The number of benzene rings is 2. The van der Waals surface area contributed by atoms with Gasteiger partial charge in [0.05, 0.1) is 17.0 Å². The van der Waals surface area contributed by atoms with Gasteiger partial charge in [0.25, 0.3) is 11.6 Å². The van der Waals surface area contributed by atoms with Gasteiger partial charge in [0, 0.05) is 18.4 Å². The zero-order chi connectivity index (χ0) is 20.3. The Morgan fingerprint density at radius 2 is 1.86 bits per heavy atom. The first-order valence-corrected chi connectivity index (χ1v) is 9.14. The molecule has 0 aromatic heterocycles. The molecule has 28 heavy (non-hydrogen) atoms. The van der Waals surface area contributed by atoms with E-state index in [1.54, 1.807) is 6.07 Å². The molecular formula is C18H14F3N3O3S. The van der Waals surface area contributed by atoms with E-state index in [0.29, 0.717) is 29.6 Å². The third-order valence-corrected chi connectivity index (χ3v) is 5.11. The normalized spacial score (nSPS) is 14.1. The molecule has 0 N–H and O–H groups in total. The Kier molecular flexibility index (Phi) is 5.68. The Morgan fingerprint density at radius 1 is 1.18 bits per heavy atom. The van der Waals surface area contributed by atoms with Crippen molar-refractivity contribution in [3.05, 3.63) is 75.3 Å². The number of thioether (sulfide) groups is 1. The molecule has 3 rings (SSSR count). The maximum absolute atomic E-state index is 12.8. The highest BCUT2D eigenvalue weighted by molar-refractivity contribution is 8.13. The first kappa shape index (κ1) is 19.9. The lowest BCUT2D eigenvalue weighted by Gasteiger charge is -2.18. The summed E-state index contributed by atoms with van der Waals surface area (Å²) in [7, 11) is 0. The minimum Gasteiger partial charge on any atom is -0.285 e. The number of para-hydroxylation sites is 1. The van der Waals surface area contributed by atoms with E-state index in [0.717, 1.165) is 12.1 Å². The maximum Gasteiger partial charge on any atom is 0.416 e. The highest BCUT2D eigenvalue weighted by Crippen LogP contribution is 2.30. The predicted octanol–water partition coefficient (Wildman–Crippen LogP) is 4.36. The van der Waals surface area contributed by atoms with Crippen LogP contribution in [0, 0.1) is 10.1 Å². The molecule has 1 amide bonds. The van der Waals surface area contributed by atoms with Crippen LogP contribution in [-0.2, 0) is 11.9 Å². The molecule has 0 unspecified atom stereocenters. The van der Waals surface area contributed by atoms with E-state index in [2.05, 4.69) is 4.99 Å². The number of hydrogen-bond acceptors (Lipinski definition) is 5. The number of rotatable bonds is 4. The fourth-order valence-electron chi connectivity index (χ4n) is 2.64. The van der Waals surface area contributed by atoms with Gasteiger partial charge in [0.1, 0.15) is 5.56 Å². The lowest BCUT2D eigenvalue weighted by Crippen LogP contribution is -2.33. The van der Waals surface area contributed by atoms with Crippen molar-refractivity contribution >= 4 is 28.5 Å². The quantitative estimate of drug-likeness (QED) is 0.555. The fourth-order valence-corrected chi connectivity index (χ4v) is 3.64. The number of hydrogen-bond donors (Lipinski definition) is 0. The van der Waals surface area contributed by atoms with Gasteiger partial charge in [0.2, 0.25) is 0 Å². The summed E-state index contributed by atoms with van der Waals surface area (Å²) in [4.78, 5) is 28.9. The van der Waals surface area contributed by atoms with Gasteiger partial charge in [-0.1, -0.05) is 36.0 Å². The topological polar surface area (TPSA) is 75.8 Å². The van der Waals surface area contributed by atoms with E-state index in [-0.39, 0.29) is 11.3 Å². The minimum absolute atomic E-state index is 0.0303. The van der Waals surface area contributed by atoms with Crippen LogP contribution in [0.15, 0.2) is 53.5 Å². The summed E-state index contributed by atoms with van der Waals surface area (Å²) in [5.41, 5.74) is -0.401. The molecule has 1 aliphatic heterocycles. The molecule has 0 saturated carbocycles. The average molecular weight is 409 g/mol. The van der Waals surface area contributed by atoms with Crippen molar-refractivity contribution in [3.63, 3.8) is 0 Å². The molecule has 6 nitrogen and oxygen atoms in total. The second kappa shape index (κ2) is 8.01. The standard InChI is InChI=1S/C18H14F3N3O3S/c19-18(20,21)13-7-5-12(6-8-13)11-28-17-22-9-10-23(17)16(25)14-3-1-2-4-15(14)24(26)27/h1-8H,9-11H2. The monoisotopic (exact) mass is 409 g/mol. The molecule has 0 bridgehead atoms. The summed E-state index contributed by atoms with van der Waals surface area (Å²) < 4.78 is 37.9. The van der Waals surface area contributed by atoms with E-state index in [9.17, 15) is 28.1 Å². The lowest BCUT2D eigenvalue weighted by atomic mass is 10.1. The van der Waals surface area contributed by atoms with Crippen LogP contribution in [0.2, 0.25) is 0 Å². The molecule has 1 aliphatic rings. The van der Waals surface area contributed by atoms with E-state index in [1.165, 1.54) is 47.0 Å². The second-order valence-corrected chi connectivity index (χ2v) is 6.82. The molecule has 0 saturated heterocycles. The average Bonchev–Trinajstić information content (AvgIpc) is 3.14. The summed E-state index contributed by atoms with van der Waals surface area (Å²) >= 11 is 1.20. The minimum atomic E-state index is -4.39. The Labute approximate surface area is 162 Å². The van der Waals surface area contributed by atoms with Gasteiger partial charge in [-0.2, -0.15) is 13.2 Å². The van der Waals surface area contributed by atoms with Gasteiger partial charge in [-0.05, 0) is 23.8 Å². The number of carbonyl (C=O) groups is 1. The van der Waals surface area contributed by atoms with Crippen molar-refractivity contribution in [2.75, 3.05) is 13.1 Å². The summed E-state index contributed by atoms with van der Waals surface area (Å²) in [5, 5.41) is 11.5. The number of carbonyl (C=O) groups excluding carboxylic acids is 1. The summed E-state index contributed by atoms with van der Waals surface area (Å²) in [6, 6.07) is 10.4. The van der Waals surface area contributed by atoms with Crippen molar-refractivity contribution in [2.24, 2.45) is 4.99 Å². The van der Waals surface area contributed by atoms with Crippen LogP contribution >= 0.6 is 11.8 Å². The summed E-state index contributed by atoms with van der Waals surface area (Å²) in [5.74, 6) is -0.207. The zero-order valence-corrected chi connectivity index (χ0v) is 15.2. The third-order valence-electron chi connectivity index (χ3n) is 4.03. The smallest absolute Gasteiger partial charge is 0.285 e. The highest BCUT2D eigenvalue weighted by Gasteiger charge is 2.31. The molecule has 146 valence electrons. The Balaban J connectivity index is 1.70. The molecule has 2 aromatic carbocycles. The largest absolute Gasteiger partial charge is 0.416 e. The van der Waals surface area contributed by atoms with Crippen LogP contribution in [0.5, 0.6) is 0 Å². The summed E-state index contributed by atoms with van der Waals surface area (Å²) in [6.45, 7) is 0.655.